The van der Waals surface area contributed by atoms with E-state index in [2.05, 4.69) is 5.32 Å². The predicted octanol–water partition coefficient (Wildman–Crippen LogP) is 1.36. The third-order valence-electron chi connectivity index (χ3n) is 2.53. The largest absolute Gasteiger partial charge is 0.507 e. The number of aromatic hydroxyl groups is 1. The Hall–Kier alpha value is -2.56. The molecular weight excluding hydrogens is 234 g/mol. The molecule has 1 amide bonds. The van der Waals surface area contributed by atoms with Crippen LogP contribution in [0.1, 0.15) is 10.4 Å². The van der Waals surface area contributed by atoms with E-state index in [-0.39, 0.29) is 11.3 Å². The first-order chi connectivity index (χ1) is 8.59. The molecule has 0 radical (unpaired) electrons. The van der Waals surface area contributed by atoms with Gasteiger partial charge in [0.1, 0.15) is 12.3 Å². The SMILES string of the molecule is O=C(O)CNC(=O)c1c(O)ccc2ccccc12. The quantitative estimate of drug-likeness (QED) is 0.762. The van der Waals surface area contributed by atoms with Crippen LogP contribution in [0.3, 0.4) is 0 Å². The molecule has 0 atom stereocenters. The smallest absolute Gasteiger partial charge is 0.322 e. The predicted molar refractivity (Wildman–Crippen MR) is 65.6 cm³/mol. The van der Waals surface area contributed by atoms with Gasteiger partial charge in [0.2, 0.25) is 0 Å². The molecular formula is C13H11NO4. The second-order valence-electron chi connectivity index (χ2n) is 3.76. The van der Waals surface area contributed by atoms with Crippen LogP contribution in [0, 0.1) is 0 Å². The van der Waals surface area contributed by atoms with E-state index in [4.69, 9.17) is 5.11 Å². The number of amides is 1. The molecule has 0 saturated heterocycles. The monoisotopic (exact) mass is 245 g/mol. The molecule has 0 aliphatic carbocycles. The second kappa shape index (κ2) is 4.75. The van der Waals surface area contributed by atoms with Gasteiger partial charge in [-0.05, 0) is 16.8 Å². The standard InChI is InChI=1S/C13H11NO4/c15-10-6-5-8-3-1-2-4-9(8)12(10)13(18)14-7-11(16)17/h1-6,15H,7H2,(H,14,18)(H,16,17). The van der Waals surface area contributed by atoms with Crippen LogP contribution < -0.4 is 5.32 Å². The number of hydrogen-bond donors (Lipinski definition) is 3. The lowest BCUT2D eigenvalue weighted by Crippen LogP contribution is -2.29. The number of phenolic OH excluding ortho intramolecular Hbond substituents is 1. The van der Waals surface area contributed by atoms with Gasteiger partial charge in [-0.3, -0.25) is 9.59 Å². The summed E-state index contributed by atoms with van der Waals surface area (Å²) in [5, 5.41) is 21.9. The molecule has 0 bridgehead atoms. The maximum Gasteiger partial charge on any atom is 0.322 e. The maximum absolute atomic E-state index is 11.8. The zero-order chi connectivity index (χ0) is 13.1. The molecule has 0 spiro atoms. The van der Waals surface area contributed by atoms with Crippen molar-refractivity contribution in [3.63, 3.8) is 0 Å². The number of rotatable bonds is 3. The van der Waals surface area contributed by atoms with Crippen molar-refractivity contribution in [1.82, 2.24) is 5.32 Å². The highest BCUT2D eigenvalue weighted by Gasteiger charge is 2.15. The van der Waals surface area contributed by atoms with E-state index < -0.39 is 18.4 Å². The fourth-order valence-electron chi connectivity index (χ4n) is 1.74. The Morgan fingerprint density at radius 3 is 2.56 bits per heavy atom. The normalized spacial score (nSPS) is 10.2. The summed E-state index contributed by atoms with van der Waals surface area (Å²) in [4.78, 5) is 22.3. The first-order valence-electron chi connectivity index (χ1n) is 5.30. The van der Waals surface area contributed by atoms with Crippen LogP contribution in [-0.4, -0.2) is 28.6 Å². The maximum atomic E-state index is 11.8. The van der Waals surface area contributed by atoms with Gasteiger partial charge in [-0.1, -0.05) is 30.3 Å². The van der Waals surface area contributed by atoms with Crippen LogP contribution >= 0.6 is 0 Å². The van der Waals surface area contributed by atoms with Crippen molar-refractivity contribution in [3.8, 4) is 5.75 Å². The van der Waals surface area contributed by atoms with Crippen molar-refractivity contribution in [2.45, 2.75) is 0 Å². The summed E-state index contributed by atoms with van der Waals surface area (Å²) in [5.41, 5.74) is 0.0920. The number of carbonyl (C=O) groups excluding carboxylic acids is 1. The van der Waals surface area contributed by atoms with Crippen LogP contribution in [0.4, 0.5) is 0 Å². The lowest BCUT2D eigenvalue weighted by molar-refractivity contribution is -0.135. The molecule has 0 aromatic heterocycles. The van der Waals surface area contributed by atoms with Crippen LogP contribution in [0.15, 0.2) is 36.4 Å². The molecule has 2 aromatic carbocycles. The highest BCUT2D eigenvalue weighted by Crippen LogP contribution is 2.26. The summed E-state index contributed by atoms with van der Waals surface area (Å²) in [6.45, 7) is -0.485. The van der Waals surface area contributed by atoms with Gasteiger partial charge in [0.15, 0.2) is 0 Å². The van der Waals surface area contributed by atoms with Crippen molar-refractivity contribution in [1.29, 1.82) is 0 Å². The molecule has 2 aromatic rings. The Balaban J connectivity index is 2.45. The van der Waals surface area contributed by atoms with Crippen LogP contribution in [-0.2, 0) is 4.79 Å². The van der Waals surface area contributed by atoms with E-state index >= 15 is 0 Å². The topological polar surface area (TPSA) is 86.6 Å². The Morgan fingerprint density at radius 1 is 1.11 bits per heavy atom. The minimum Gasteiger partial charge on any atom is -0.507 e. The summed E-state index contributed by atoms with van der Waals surface area (Å²) in [6, 6.07) is 10.2. The van der Waals surface area contributed by atoms with Gasteiger partial charge >= 0.3 is 5.97 Å². The van der Waals surface area contributed by atoms with Crippen molar-refractivity contribution in [2.75, 3.05) is 6.54 Å². The number of aliphatic carboxylic acids is 1. The molecule has 2 rings (SSSR count). The van der Waals surface area contributed by atoms with Crippen LogP contribution in [0.25, 0.3) is 10.8 Å². The minimum absolute atomic E-state index is 0.0920. The van der Waals surface area contributed by atoms with E-state index in [1.54, 1.807) is 18.2 Å². The summed E-state index contributed by atoms with van der Waals surface area (Å²) in [5.74, 6) is -1.91. The molecule has 5 heteroatoms. The molecule has 5 nitrogen and oxygen atoms in total. The number of carboxylic acids is 1. The van der Waals surface area contributed by atoms with Crippen LogP contribution in [0.2, 0.25) is 0 Å². The Kier molecular flexibility index (Phi) is 3.14. The number of carboxylic acid groups (broad SMARTS) is 1. The average Bonchev–Trinajstić information content (AvgIpc) is 2.36. The molecule has 0 aliphatic heterocycles. The molecule has 0 fully saturated rings. The number of carbonyl (C=O) groups is 2. The third kappa shape index (κ3) is 2.24. The number of fused-ring (bicyclic) bond motifs is 1. The Bertz CT molecular complexity index is 621. The highest BCUT2D eigenvalue weighted by molar-refractivity contribution is 6.09. The van der Waals surface area contributed by atoms with Gasteiger partial charge in [0.25, 0.3) is 5.91 Å². The molecule has 0 heterocycles. The summed E-state index contributed by atoms with van der Waals surface area (Å²) in [7, 11) is 0. The molecule has 0 saturated carbocycles. The summed E-state index contributed by atoms with van der Waals surface area (Å²) < 4.78 is 0. The van der Waals surface area contributed by atoms with Crippen molar-refractivity contribution in [3.05, 3.63) is 42.0 Å². The number of benzene rings is 2. The minimum atomic E-state index is -1.14. The Morgan fingerprint density at radius 2 is 1.83 bits per heavy atom. The number of hydrogen-bond acceptors (Lipinski definition) is 3. The zero-order valence-electron chi connectivity index (χ0n) is 9.38. The highest BCUT2D eigenvalue weighted by atomic mass is 16.4. The molecule has 92 valence electrons. The fourth-order valence-corrected chi connectivity index (χ4v) is 1.74. The van der Waals surface area contributed by atoms with E-state index in [1.807, 2.05) is 12.1 Å². The lowest BCUT2D eigenvalue weighted by atomic mass is 10.0. The van der Waals surface area contributed by atoms with Gasteiger partial charge in [-0.2, -0.15) is 0 Å². The molecule has 0 unspecified atom stereocenters. The van der Waals surface area contributed by atoms with E-state index in [0.717, 1.165) is 5.39 Å². The first kappa shape index (κ1) is 11.9. The van der Waals surface area contributed by atoms with Crippen molar-refractivity contribution < 1.29 is 19.8 Å². The number of phenols is 1. The molecule has 0 aliphatic rings. The van der Waals surface area contributed by atoms with E-state index in [1.165, 1.54) is 6.07 Å². The van der Waals surface area contributed by atoms with Gasteiger partial charge in [0.05, 0.1) is 5.56 Å². The van der Waals surface area contributed by atoms with E-state index in [0.29, 0.717) is 5.39 Å². The third-order valence-corrected chi connectivity index (χ3v) is 2.53. The second-order valence-corrected chi connectivity index (χ2v) is 3.76. The van der Waals surface area contributed by atoms with Gasteiger partial charge in [-0.15, -0.1) is 0 Å². The number of nitrogens with one attached hydrogen (secondary N) is 1. The van der Waals surface area contributed by atoms with Crippen molar-refractivity contribution in [2.24, 2.45) is 0 Å². The summed E-state index contributed by atoms with van der Waals surface area (Å²) >= 11 is 0. The van der Waals surface area contributed by atoms with Crippen LogP contribution in [0.5, 0.6) is 5.75 Å². The van der Waals surface area contributed by atoms with Gasteiger partial charge in [0, 0.05) is 0 Å². The fraction of sp³-hybridized carbons (Fsp3) is 0.0769. The van der Waals surface area contributed by atoms with Gasteiger partial charge < -0.3 is 15.5 Å². The summed E-state index contributed by atoms with van der Waals surface area (Å²) in [6.07, 6.45) is 0. The average molecular weight is 245 g/mol. The Labute approximate surface area is 103 Å². The molecule has 18 heavy (non-hydrogen) atoms. The van der Waals surface area contributed by atoms with Gasteiger partial charge in [-0.25, -0.2) is 0 Å². The lowest BCUT2D eigenvalue weighted by Gasteiger charge is -2.08. The van der Waals surface area contributed by atoms with E-state index in [9.17, 15) is 14.7 Å². The zero-order valence-corrected chi connectivity index (χ0v) is 9.38. The molecule has 3 N–H and O–H groups in total. The van der Waals surface area contributed by atoms with Crippen molar-refractivity contribution >= 4 is 22.6 Å². The first-order valence-corrected chi connectivity index (χ1v) is 5.30.